The number of carbonyl (C=O) groups is 1. The molecule has 22 heavy (non-hydrogen) atoms. The van der Waals surface area contributed by atoms with E-state index in [-0.39, 0.29) is 5.91 Å². The van der Waals surface area contributed by atoms with E-state index in [1.165, 1.54) is 11.1 Å². The number of rotatable bonds is 4. The molecule has 0 unspecified atom stereocenters. The normalized spacial score (nSPS) is 11.0. The molecular formula is C17H19N3OS. The minimum Gasteiger partial charge on any atom is -0.351 e. The Morgan fingerprint density at radius 3 is 2.82 bits per heavy atom. The first kappa shape index (κ1) is 14.8. The SMILES string of the molecule is Cc1cc(C)c2cc(C(=O)NCCc3csc(C)n3)[nH]c2c1. The largest absolute Gasteiger partial charge is 0.351 e. The summed E-state index contributed by atoms with van der Waals surface area (Å²) in [6.45, 7) is 6.70. The summed E-state index contributed by atoms with van der Waals surface area (Å²) in [5.74, 6) is -0.0693. The van der Waals surface area contributed by atoms with E-state index in [1.54, 1.807) is 11.3 Å². The summed E-state index contributed by atoms with van der Waals surface area (Å²) in [6.07, 6.45) is 0.758. The van der Waals surface area contributed by atoms with Crippen molar-refractivity contribution in [1.29, 1.82) is 0 Å². The van der Waals surface area contributed by atoms with Gasteiger partial charge in [-0.3, -0.25) is 4.79 Å². The highest BCUT2D eigenvalue weighted by Gasteiger charge is 2.11. The third-order valence-electron chi connectivity index (χ3n) is 3.67. The lowest BCUT2D eigenvalue weighted by atomic mass is 10.1. The Morgan fingerprint density at radius 1 is 1.27 bits per heavy atom. The van der Waals surface area contributed by atoms with Crippen LogP contribution in [0.1, 0.15) is 32.3 Å². The van der Waals surface area contributed by atoms with Crippen LogP contribution in [0.25, 0.3) is 10.9 Å². The van der Waals surface area contributed by atoms with Crippen LogP contribution >= 0.6 is 11.3 Å². The Kier molecular flexibility index (Phi) is 3.98. The van der Waals surface area contributed by atoms with Crippen LogP contribution in [0.15, 0.2) is 23.6 Å². The van der Waals surface area contributed by atoms with E-state index in [0.29, 0.717) is 12.2 Å². The molecule has 0 saturated heterocycles. The standard InChI is InChI=1S/C17H19N3OS/c1-10-6-11(2)14-8-16(20-15(14)7-10)17(21)18-5-4-13-9-22-12(3)19-13/h6-9,20H,4-5H2,1-3H3,(H,18,21). The van der Waals surface area contributed by atoms with E-state index >= 15 is 0 Å². The number of benzene rings is 1. The molecule has 3 rings (SSSR count). The van der Waals surface area contributed by atoms with Crippen LogP contribution in [-0.4, -0.2) is 22.4 Å². The van der Waals surface area contributed by atoms with Crippen molar-refractivity contribution >= 4 is 28.1 Å². The van der Waals surface area contributed by atoms with Gasteiger partial charge in [0.25, 0.3) is 5.91 Å². The summed E-state index contributed by atoms with van der Waals surface area (Å²) in [5.41, 5.74) is 5.03. The molecule has 1 amide bonds. The number of aryl methyl sites for hydroxylation is 3. The molecule has 4 nitrogen and oxygen atoms in total. The summed E-state index contributed by atoms with van der Waals surface area (Å²) >= 11 is 1.64. The van der Waals surface area contributed by atoms with Gasteiger partial charge in [0.05, 0.1) is 10.7 Å². The summed E-state index contributed by atoms with van der Waals surface area (Å²) < 4.78 is 0. The van der Waals surface area contributed by atoms with Crippen molar-refractivity contribution in [2.45, 2.75) is 27.2 Å². The van der Waals surface area contributed by atoms with Crippen molar-refractivity contribution in [3.05, 3.63) is 51.1 Å². The second kappa shape index (κ2) is 5.93. The van der Waals surface area contributed by atoms with Crippen LogP contribution in [-0.2, 0) is 6.42 Å². The van der Waals surface area contributed by atoms with Gasteiger partial charge in [0.2, 0.25) is 0 Å². The van der Waals surface area contributed by atoms with Gasteiger partial charge in [-0.2, -0.15) is 0 Å². The number of hydrogen-bond acceptors (Lipinski definition) is 3. The summed E-state index contributed by atoms with van der Waals surface area (Å²) in [7, 11) is 0. The third kappa shape index (κ3) is 3.04. The molecule has 0 saturated carbocycles. The number of nitrogens with zero attached hydrogens (tertiary/aromatic N) is 1. The topological polar surface area (TPSA) is 57.8 Å². The first-order valence-corrected chi connectivity index (χ1v) is 8.20. The number of aromatic amines is 1. The van der Waals surface area contributed by atoms with Gasteiger partial charge in [0.1, 0.15) is 5.69 Å². The van der Waals surface area contributed by atoms with Crippen molar-refractivity contribution in [2.24, 2.45) is 0 Å². The smallest absolute Gasteiger partial charge is 0.267 e. The Labute approximate surface area is 133 Å². The Hall–Kier alpha value is -2.14. The van der Waals surface area contributed by atoms with Crippen molar-refractivity contribution in [1.82, 2.24) is 15.3 Å². The number of aromatic nitrogens is 2. The molecule has 1 aromatic carbocycles. The van der Waals surface area contributed by atoms with Crippen LogP contribution < -0.4 is 5.32 Å². The molecule has 0 bridgehead atoms. The van der Waals surface area contributed by atoms with E-state index in [9.17, 15) is 4.79 Å². The van der Waals surface area contributed by atoms with E-state index in [0.717, 1.165) is 28.0 Å². The molecule has 0 aliphatic rings. The predicted octanol–water partition coefficient (Wildman–Crippen LogP) is 3.52. The summed E-state index contributed by atoms with van der Waals surface area (Å²) in [6, 6.07) is 6.12. The van der Waals surface area contributed by atoms with Crippen LogP contribution in [0.4, 0.5) is 0 Å². The van der Waals surface area contributed by atoms with Gasteiger partial charge in [-0.1, -0.05) is 6.07 Å². The molecule has 5 heteroatoms. The molecule has 0 radical (unpaired) electrons. The monoisotopic (exact) mass is 313 g/mol. The lowest BCUT2D eigenvalue weighted by molar-refractivity contribution is 0.0950. The maximum Gasteiger partial charge on any atom is 0.267 e. The number of carbonyl (C=O) groups excluding carboxylic acids is 1. The summed E-state index contributed by atoms with van der Waals surface area (Å²) in [5, 5.41) is 7.15. The second-order valence-corrected chi connectivity index (χ2v) is 6.65. The van der Waals surface area contributed by atoms with Crippen LogP contribution in [0.5, 0.6) is 0 Å². The van der Waals surface area contributed by atoms with Crippen LogP contribution in [0, 0.1) is 20.8 Å². The van der Waals surface area contributed by atoms with Crippen molar-refractivity contribution < 1.29 is 4.79 Å². The molecule has 0 spiro atoms. The molecule has 0 aliphatic heterocycles. The first-order chi connectivity index (χ1) is 10.5. The Morgan fingerprint density at radius 2 is 2.09 bits per heavy atom. The van der Waals surface area contributed by atoms with Gasteiger partial charge in [0, 0.05) is 29.2 Å². The van der Waals surface area contributed by atoms with E-state index in [2.05, 4.69) is 41.3 Å². The fourth-order valence-corrected chi connectivity index (χ4v) is 3.29. The zero-order valence-electron chi connectivity index (χ0n) is 13.0. The molecule has 2 N–H and O–H groups in total. The lowest BCUT2D eigenvalue weighted by Gasteiger charge is -2.01. The molecule has 2 aromatic heterocycles. The molecular weight excluding hydrogens is 294 g/mol. The first-order valence-electron chi connectivity index (χ1n) is 7.32. The number of H-pyrrole nitrogens is 1. The zero-order valence-corrected chi connectivity index (χ0v) is 13.8. The van der Waals surface area contributed by atoms with Gasteiger partial charge >= 0.3 is 0 Å². The van der Waals surface area contributed by atoms with Crippen LogP contribution in [0.3, 0.4) is 0 Å². The number of hydrogen-bond donors (Lipinski definition) is 2. The molecule has 114 valence electrons. The maximum absolute atomic E-state index is 12.2. The van der Waals surface area contributed by atoms with Gasteiger partial charge < -0.3 is 10.3 Å². The quantitative estimate of drug-likeness (QED) is 0.774. The van der Waals surface area contributed by atoms with Gasteiger partial charge in [-0.05, 0) is 44.0 Å². The number of fused-ring (bicyclic) bond motifs is 1. The third-order valence-corrected chi connectivity index (χ3v) is 4.49. The highest BCUT2D eigenvalue weighted by atomic mass is 32.1. The zero-order chi connectivity index (χ0) is 15.7. The van der Waals surface area contributed by atoms with E-state index in [4.69, 9.17) is 0 Å². The molecule has 3 aromatic rings. The Balaban J connectivity index is 1.68. The van der Waals surface area contributed by atoms with Gasteiger partial charge in [0.15, 0.2) is 0 Å². The molecule has 2 heterocycles. The molecule has 0 aliphatic carbocycles. The maximum atomic E-state index is 12.2. The van der Waals surface area contributed by atoms with Crippen molar-refractivity contribution in [3.63, 3.8) is 0 Å². The number of thiazole rings is 1. The van der Waals surface area contributed by atoms with Crippen molar-refractivity contribution in [2.75, 3.05) is 6.54 Å². The van der Waals surface area contributed by atoms with Crippen LogP contribution in [0.2, 0.25) is 0 Å². The number of amides is 1. The lowest BCUT2D eigenvalue weighted by Crippen LogP contribution is -2.26. The highest BCUT2D eigenvalue weighted by Crippen LogP contribution is 2.21. The molecule has 0 atom stereocenters. The molecule has 0 fully saturated rings. The average molecular weight is 313 g/mol. The van der Waals surface area contributed by atoms with Crippen molar-refractivity contribution in [3.8, 4) is 0 Å². The number of nitrogens with one attached hydrogen (secondary N) is 2. The summed E-state index contributed by atoms with van der Waals surface area (Å²) in [4.78, 5) is 19.8. The van der Waals surface area contributed by atoms with E-state index in [1.807, 2.05) is 18.4 Å². The average Bonchev–Trinajstić information content (AvgIpc) is 3.05. The second-order valence-electron chi connectivity index (χ2n) is 5.59. The van der Waals surface area contributed by atoms with Gasteiger partial charge in [-0.15, -0.1) is 11.3 Å². The Bertz CT molecular complexity index is 832. The predicted molar refractivity (Wildman–Crippen MR) is 90.7 cm³/mol. The minimum absolute atomic E-state index is 0.0693. The minimum atomic E-state index is -0.0693. The van der Waals surface area contributed by atoms with E-state index < -0.39 is 0 Å². The van der Waals surface area contributed by atoms with Gasteiger partial charge in [-0.25, -0.2) is 4.98 Å². The fraction of sp³-hybridized carbons (Fsp3) is 0.294. The fourth-order valence-electron chi connectivity index (χ4n) is 2.64. The highest BCUT2D eigenvalue weighted by molar-refractivity contribution is 7.09.